The molecule has 2 aromatic carbocycles. The number of fused-ring (bicyclic) bond motifs is 8. The van der Waals surface area contributed by atoms with Gasteiger partial charge in [0.2, 0.25) is 5.78 Å². The van der Waals surface area contributed by atoms with Crippen molar-refractivity contribution in [1.82, 2.24) is 14.0 Å². The van der Waals surface area contributed by atoms with Gasteiger partial charge in [-0.2, -0.15) is 0 Å². The van der Waals surface area contributed by atoms with E-state index in [-0.39, 0.29) is 0 Å². The summed E-state index contributed by atoms with van der Waals surface area (Å²) >= 11 is 3.70. The lowest BCUT2D eigenvalue weighted by atomic mass is 10.1. The Balaban J connectivity index is 1.60. The van der Waals surface area contributed by atoms with E-state index in [0.29, 0.717) is 0 Å². The quantitative estimate of drug-likeness (QED) is 0.354. The first-order chi connectivity index (χ1) is 14.8. The molecule has 0 bridgehead atoms. The molecule has 4 nitrogen and oxygen atoms in total. The maximum absolute atomic E-state index is 6.17. The van der Waals surface area contributed by atoms with Gasteiger partial charge < -0.3 is 4.42 Å². The summed E-state index contributed by atoms with van der Waals surface area (Å²) in [6, 6.07) is 14.9. The number of nitrogens with zero attached hydrogens (tertiary/aromatic N) is 3. The van der Waals surface area contributed by atoms with E-state index in [0.717, 1.165) is 63.7 Å². The van der Waals surface area contributed by atoms with Crippen molar-refractivity contribution in [1.29, 1.82) is 0 Å². The summed E-state index contributed by atoms with van der Waals surface area (Å²) in [5.41, 5.74) is 7.78. The third-order valence-corrected chi connectivity index (χ3v) is 7.06. The summed E-state index contributed by atoms with van der Waals surface area (Å²) in [7, 11) is 0. The monoisotopic (exact) mass is 455 g/mol. The first-order valence-electron chi connectivity index (χ1n) is 10.4. The zero-order chi connectivity index (χ0) is 19.8. The van der Waals surface area contributed by atoms with Gasteiger partial charge in [0.05, 0.1) is 22.4 Å². The van der Waals surface area contributed by atoms with Crippen LogP contribution in [0.5, 0.6) is 0 Å². The Labute approximate surface area is 180 Å². The van der Waals surface area contributed by atoms with Crippen LogP contribution in [-0.4, -0.2) is 14.0 Å². The summed E-state index contributed by atoms with van der Waals surface area (Å²) < 4.78 is 12.0. The fraction of sp³-hybridized carbons (Fsp3) is 0.160. The Morgan fingerprint density at radius 1 is 1.03 bits per heavy atom. The van der Waals surface area contributed by atoms with Crippen molar-refractivity contribution in [2.24, 2.45) is 0 Å². The highest BCUT2D eigenvalue weighted by Gasteiger charge is 2.22. The van der Waals surface area contributed by atoms with E-state index in [4.69, 9.17) is 9.40 Å². The van der Waals surface area contributed by atoms with E-state index >= 15 is 0 Å². The molecule has 0 saturated heterocycles. The third-order valence-electron chi connectivity index (χ3n) is 6.30. The Kier molecular flexibility index (Phi) is 3.34. The standard InChI is InChI=1S/C25H18BrN3O/c26-18-7-5-6-16-17-14-15(12-13-23(17)30-24(16)18)28-21-10-3-4-11-22(21)29-20-9-2-1-8-19(20)27-25(28)29/h1-2,4,6,8-9,11-14H,3,5,7,10H2. The molecule has 0 saturated carbocycles. The van der Waals surface area contributed by atoms with Crippen molar-refractivity contribution in [3.05, 3.63) is 70.6 Å². The first kappa shape index (κ1) is 16.7. The van der Waals surface area contributed by atoms with E-state index in [1.807, 2.05) is 0 Å². The van der Waals surface area contributed by atoms with Crippen LogP contribution < -0.4 is 10.6 Å². The second-order valence-corrected chi connectivity index (χ2v) is 8.97. The molecule has 5 aromatic rings. The average molecular weight is 456 g/mol. The maximum atomic E-state index is 6.17. The number of furan rings is 1. The van der Waals surface area contributed by atoms with Crippen molar-refractivity contribution in [2.45, 2.75) is 25.7 Å². The van der Waals surface area contributed by atoms with E-state index < -0.39 is 0 Å². The Hall–Kier alpha value is -3.05. The molecule has 0 fully saturated rings. The number of para-hydroxylation sites is 2. The zero-order valence-electron chi connectivity index (χ0n) is 16.2. The molecule has 0 aliphatic heterocycles. The lowest BCUT2D eigenvalue weighted by Crippen LogP contribution is -2.24. The number of hydrogen-bond donors (Lipinski definition) is 0. The van der Waals surface area contributed by atoms with Crippen LogP contribution in [-0.2, 0) is 6.42 Å². The average Bonchev–Trinajstić information content (AvgIpc) is 3.42. The molecule has 30 heavy (non-hydrogen) atoms. The van der Waals surface area contributed by atoms with Gasteiger partial charge in [-0.25, -0.2) is 4.98 Å². The molecule has 0 unspecified atom stereocenters. The van der Waals surface area contributed by atoms with Gasteiger partial charge >= 0.3 is 0 Å². The molecule has 0 atom stereocenters. The summed E-state index contributed by atoms with van der Waals surface area (Å²) in [5.74, 6) is 0.973. The van der Waals surface area contributed by atoms with E-state index in [1.165, 1.54) is 22.0 Å². The van der Waals surface area contributed by atoms with Crippen LogP contribution in [0, 0.1) is 0 Å². The number of allylic oxidation sites excluding steroid dienone is 1. The number of aromatic nitrogens is 3. The molecular weight excluding hydrogens is 438 g/mol. The second-order valence-electron chi connectivity index (χ2n) is 8.02. The van der Waals surface area contributed by atoms with Gasteiger partial charge in [0.15, 0.2) is 0 Å². The van der Waals surface area contributed by atoms with E-state index in [2.05, 4.69) is 85.6 Å². The second kappa shape index (κ2) is 5.99. The molecule has 0 amide bonds. The smallest absolute Gasteiger partial charge is 0.220 e. The Bertz CT molecular complexity index is 1660. The largest absolute Gasteiger partial charge is 0.455 e. The number of benzene rings is 2. The van der Waals surface area contributed by atoms with Crippen molar-refractivity contribution in [3.8, 4) is 5.69 Å². The number of halogens is 1. The first-order valence-corrected chi connectivity index (χ1v) is 11.2. The van der Waals surface area contributed by atoms with Crippen LogP contribution >= 0.6 is 15.9 Å². The molecular formula is C25H18BrN3O. The fourth-order valence-electron chi connectivity index (χ4n) is 4.97. The predicted molar refractivity (Wildman–Crippen MR) is 124 cm³/mol. The molecule has 0 N–H and O–H groups in total. The zero-order valence-corrected chi connectivity index (χ0v) is 17.8. The van der Waals surface area contributed by atoms with Gasteiger partial charge in [-0.1, -0.05) is 40.2 Å². The van der Waals surface area contributed by atoms with Gasteiger partial charge in [-0.3, -0.25) is 8.97 Å². The number of rotatable bonds is 1. The Morgan fingerprint density at radius 3 is 2.93 bits per heavy atom. The van der Waals surface area contributed by atoms with Crippen LogP contribution in [0.1, 0.15) is 30.7 Å². The topological polar surface area (TPSA) is 35.4 Å². The number of hydrogen-bond acceptors (Lipinski definition) is 2. The molecule has 0 spiro atoms. The number of imidazole rings is 2. The Morgan fingerprint density at radius 2 is 1.97 bits per heavy atom. The highest BCUT2D eigenvalue weighted by Crippen LogP contribution is 2.31. The third kappa shape index (κ3) is 2.13. The minimum atomic E-state index is 0.935. The fourth-order valence-corrected chi connectivity index (χ4v) is 5.49. The van der Waals surface area contributed by atoms with Gasteiger partial charge in [0, 0.05) is 20.8 Å². The van der Waals surface area contributed by atoms with Gasteiger partial charge in [-0.15, -0.1) is 0 Å². The van der Waals surface area contributed by atoms with Crippen molar-refractivity contribution in [3.63, 3.8) is 0 Å². The molecule has 2 aliphatic rings. The molecule has 146 valence electrons. The van der Waals surface area contributed by atoms with Gasteiger partial charge in [-0.05, 0) is 62.1 Å². The summed E-state index contributed by atoms with van der Waals surface area (Å²) in [5, 5.41) is 2.37. The van der Waals surface area contributed by atoms with Gasteiger partial charge in [0.1, 0.15) is 11.0 Å². The van der Waals surface area contributed by atoms with Crippen LogP contribution in [0.25, 0.3) is 50.1 Å². The molecule has 3 heterocycles. The van der Waals surface area contributed by atoms with E-state index in [1.54, 1.807) is 0 Å². The highest BCUT2D eigenvalue weighted by molar-refractivity contribution is 9.14. The lowest BCUT2D eigenvalue weighted by molar-refractivity contribution is 0.571. The summed E-state index contributed by atoms with van der Waals surface area (Å²) in [6.45, 7) is 0. The van der Waals surface area contributed by atoms with Crippen LogP contribution in [0.4, 0.5) is 0 Å². The molecule has 3 aromatic heterocycles. The van der Waals surface area contributed by atoms with Crippen molar-refractivity contribution in [2.75, 3.05) is 0 Å². The molecule has 7 rings (SSSR count). The lowest BCUT2D eigenvalue weighted by Gasteiger charge is -2.11. The minimum Gasteiger partial charge on any atom is -0.455 e. The van der Waals surface area contributed by atoms with Crippen molar-refractivity contribution >= 4 is 60.3 Å². The molecule has 0 radical (unpaired) electrons. The van der Waals surface area contributed by atoms with Crippen molar-refractivity contribution < 1.29 is 4.42 Å². The van der Waals surface area contributed by atoms with Crippen LogP contribution in [0.15, 0.2) is 53.0 Å². The minimum absolute atomic E-state index is 0.935. The SMILES string of the molecule is BrC1=c2oc3ccc(-n4c5c(n6c7ccccc7nc46)C=CCC5)cc3c2=CCC1. The predicted octanol–water partition coefficient (Wildman–Crippen LogP) is 5.06. The van der Waals surface area contributed by atoms with Crippen LogP contribution in [0.3, 0.4) is 0 Å². The van der Waals surface area contributed by atoms with Gasteiger partial charge in [0.25, 0.3) is 0 Å². The highest BCUT2D eigenvalue weighted by atomic mass is 79.9. The van der Waals surface area contributed by atoms with E-state index in [9.17, 15) is 0 Å². The summed E-state index contributed by atoms with van der Waals surface area (Å²) in [6.07, 6.45) is 10.9. The summed E-state index contributed by atoms with van der Waals surface area (Å²) in [4.78, 5) is 5.01. The molecule has 2 aliphatic carbocycles. The maximum Gasteiger partial charge on any atom is 0.220 e. The van der Waals surface area contributed by atoms with Crippen LogP contribution in [0.2, 0.25) is 0 Å². The molecule has 5 heteroatoms. The normalized spacial score (nSPS) is 15.7.